The predicted molar refractivity (Wildman–Crippen MR) is 114 cm³/mol. The molecule has 0 aromatic carbocycles. The van der Waals surface area contributed by atoms with Gasteiger partial charge in [-0.05, 0) is 61.7 Å². The third-order valence-corrected chi connectivity index (χ3v) is 9.17. The summed E-state index contributed by atoms with van der Waals surface area (Å²) in [7, 11) is 0. The van der Waals surface area contributed by atoms with Gasteiger partial charge in [-0.15, -0.1) is 0 Å². The van der Waals surface area contributed by atoms with Crippen LogP contribution in [-0.4, -0.2) is 42.5 Å². The van der Waals surface area contributed by atoms with E-state index in [0.717, 1.165) is 32.1 Å². The van der Waals surface area contributed by atoms with Gasteiger partial charge >= 0.3 is 17.9 Å². The summed E-state index contributed by atoms with van der Waals surface area (Å²) >= 11 is 0. The third kappa shape index (κ3) is 4.08. The highest BCUT2D eigenvalue weighted by atomic mass is 16.5. The van der Waals surface area contributed by atoms with E-state index in [0.29, 0.717) is 31.8 Å². The third-order valence-electron chi connectivity index (χ3n) is 9.17. The van der Waals surface area contributed by atoms with E-state index in [4.69, 9.17) is 14.2 Å². The summed E-state index contributed by atoms with van der Waals surface area (Å²) in [5.41, 5.74) is -0.286. The fourth-order valence-electron chi connectivity index (χ4n) is 8.00. The average Bonchev–Trinajstić information content (AvgIpc) is 3.05. The van der Waals surface area contributed by atoms with Gasteiger partial charge in [0.25, 0.3) is 0 Å². The second kappa shape index (κ2) is 8.45. The summed E-state index contributed by atoms with van der Waals surface area (Å²) in [6.45, 7) is 6.93. The van der Waals surface area contributed by atoms with Crippen molar-refractivity contribution in [2.24, 2.45) is 34.5 Å². The van der Waals surface area contributed by atoms with E-state index >= 15 is 0 Å². The molecule has 0 saturated heterocycles. The van der Waals surface area contributed by atoms with Crippen molar-refractivity contribution in [3.8, 4) is 0 Å². The van der Waals surface area contributed by atoms with Crippen molar-refractivity contribution >= 4 is 23.7 Å². The van der Waals surface area contributed by atoms with Crippen LogP contribution in [0.4, 0.5) is 0 Å². The molecule has 7 heteroatoms. The maximum Gasteiger partial charge on any atom is 0.302 e. The largest absolute Gasteiger partial charge is 0.465 e. The minimum atomic E-state index is -0.306. The van der Waals surface area contributed by atoms with E-state index < -0.39 is 0 Å². The molecule has 0 amide bonds. The fourth-order valence-corrected chi connectivity index (χ4v) is 8.00. The van der Waals surface area contributed by atoms with Crippen LogP contribution in [0.1, 0.15) is 79.1 Å². The Bertz CT molecular complexity index is 806. The first-order chi connectivity index (χ1) is 15.0. The molecule has 4 aliphatic rings. The predicted octanol–water partition coefficient (Wildman–Crippen LogP) is 3.61. The van der Waals surface area contributed by atoms with E-state index in [2.05, 4.69) is 6.92 Å². The molecule has 0 aliphatic heterocycles. The zero-order valence-electron chi connectivity index (χ0n) is 19.7. The van der Waals surface area contributed by atoms with Crippen molar-refractivity contribution in [2.45, 2.75) is 91.3 Å². The molecule has 8 atom stereocenters. The molecule has 4 aliphatic carbocycles. The number of ketones is 1. The number of rotatable bonds is 4. The lowest BCUT2D eigenvalue weighted by molar-refractivity contribution is -0.189. The first kappa shape index (κ1) is 23.2. The van der Waals surface area contributed by atoms with Gasteiger partial charge in [-0.1, -0.05) is 6.92 Å². The Morgan fingerprint density at radius 2 is 1.66 bits per heavy atom. The molecule has 7 nitrogen and oxygen atoms in total. The quantitative estimate of drug-likeness (QED) is 0.479. The average molecular weight is 449 g/mol. The maximum atomic E-state index is 12.3. The van der Waals surface area contributed by atoms with Gasteiger partial charge in [-0.3, -0.25) is 19.2 Å². The zero-order chi connectivity index (χ0) is 23.3. The Morgan fingerprint density at radius 1 is 0.938 bits per heavy atom. The number of carbonyl (C=O) groups is 4. The molecule has 4 saturated carbocycles. The lowest BCUT2D eigenvalue weighted by Crippen LogP contribution is -2.58. The fraction of sp³-hybridized carbons (Fsp3) is 0.840. The van der Waals surface area contributed by atoms with Crippen LogP contribution in [0.25, 0.3) is 0 Å². The van der Waals surface area contributed by atoms with Gasteiger partial charge in [-0.2, -0.15) is 0 Å². The molecule has 32 heavy (non-hydrogen) atoms. The molecule has 0 heterocycles. The number of Topliss-reactive ketones (excluding diaryl/α,β-unsaturated/α-hetero) is 1. The number of hydrogen-bond donors (Lipinski definition) is 0. The lowest BCUT2D eigenvalue weighted by atomic mass is 9.44. The molecule has 4 fully saturated rings. The summed E-state index contributed by atoms with van der Waals surface area (Å²) in [5, 5.41) is 0. The Hall–Kier alpha value is -1.92. The summed E-state index contributed by atoms with van der Waals surface area (Å²) in [6, 6.07) is 0. The van der Waals surface area contributed by atoms with Gasteiger partial charge < -0.3 is 14.2 Å². The topological polar surface area (TPSA) is 96.0 Å². The molecule has 4 rings (SSSR count). The highest BCUT2D eigenvalue weighted by molar-refractivity contribution is 5.80. The van der Waals surface area contributed by atoms with Crippen molar-refractivity contribution in [1.82, 2.24) is 0 Å². The maximum absolute atomic E-state index is 12.3. The van der Waals surface area contributed by atoms with Crippen LogP contribution in [-0.2, 0) is 33.4 Å². The molecule has 0 aromatic heterocycles. The van der Waals surface area contributed by atoms with E-state index in [1.54, 1.807) is 0 Å². The molecule has 0 spiro atoms. The Kier molecular flexibility index (Phi) is 6.14. The Labute approximate surface area is 189 Å². The van der Waals surface area contributed by atoms with Gasteiger partial charge in [-0.25, -0.2) is 0 Å². The number of hydrogen-bond acceptors (Lipinski definition) is 7. The summed E-state index contributed by atoms with van der Waals surface area (Å²) < 4.78 is 17.0. The van der Waals surface area contributed by atoms with Gasteiger partial charge in [0.1, 0.15) is 18.0 Å². The van der Waals surface area contributed by atoms with Crippen molar-refractivity contribution in [2.75, 3.05) is 6.61 Å². The van der Waals surface area contributed by atoms with Crippen molar-refractivity contribution in [3.63, 3.8) is 0 Å². The Morgan fingerprint density at radius 3 is 2.31 bits per heavy atom. The van der Waals surface area contributed by atoms with E-state index in [9.17, 15) is 19.2 Å². The molecule has 0 bridgehead atoms. The van der Waals surface area contributed by atoms with Crippen LogP contribution in [0.15, 0.2) is 0 Å². The number of ether oxygens (including phenoxy) is 3. The zero-order valence-corrected chi connectivity index (χ0v) is 19.7. The lowest BCUT2D eigenvalue weighted by Gasteiger charge is -2.61. The SMILES string of the molecule is CC(=O)OC[C@]12CC[C@@H]3[C@H](C[C@H](OC(C)=O)[C@H]4CC(=O)CC[C@]34C)[C@@H]1C[C@H](OC(C)=O)C2. The second-order valence-electron chi connectivity index (χ2n) is 11.0. The second-order valence-corrected chi connectivity index (χ2v) is 11.0. The monoisotopic (exact) mass is 448 g/mol. The number of esters is 3. The van der Waals surface area contributed by atoms with Crippen molar-refractivity contribution in [3.05, 3.63) is 0 Å². The summed E-state index contributed by atoms with van der Waals surface area (Å²) in [4.78, 5) is 47.7. The van der Waals surface area contributed by atoms with Crippen molar-refractivity contribution in [1.29, 1.82) is 0 Å². The molecule has 178 valence electrons. The molecule has 0 unspecified atom stereocenters. The minimum Gasteiger partial charge on any atom is -0.465 e. The minimum absolute atomic E-state index is 0.0561. The van der Waals surface area contributed by atoms with Gasteiger partial charge in [0.05, 0.1) is 6.61 Å². The molecular weight excluding hydrogens is 412 g/mol. The van der Waals surface area contributed by atoms with Crippen molar-refractivity contribution < 1.29 is 33.4 Å². The summed E-state index contributed by atoms with van der Waals surface area (Å²) in [6.07, 6.45) is 5.50. The normalized spacial score (nSPS) is 42.8. The van der Waals surface area contributed by atoms with Crippen LogP contribution < -0.4 is 0 Å². The van der Waals surface area contributed by atoms with Crippen LogP contribution >= 0.6 is 0 Å². The molecule has 0 radical (unpaired) electrons. The Balaban J connectivity index is 1.67. The van der Waals surface area contributed by atoms with Crippen LogP contribution in [0.2, 0.25) is 0 Å². The van der Waals surface area contributed by atoms with Crippen LogP contribution in [0.3, 0.4) is 0 Å². The van der Waals surface area contributed by atoms with Crippen LogP contribution in [0, 0.1) is 34.5 Å². The van der Waals surface area contributed by atoms with Crippen LogP contribution in [0.5, 0.6) is 0 Å². The van der Waals surface area contributed by atoms with Gasteiger partial charge in [0.2, 0.25) is 0 Å². The highest BCUT2D eigenvalue weighted by Crippen LogP contribution is 2.66. The molecule has 0 aromatic rings. The van der Waals surface area contributed by atoms with E-state index in [1.165, 1.54) is 20.8 Å². The van der Waals surface area contributed by atoms with Gasteiger partial charge in [0, 0.05) is 44.9 Å². The smallest absolute Gasteiger partial charge is 0.302 e. The van der Waals surface area contributed by atoms with Gasteiger partial charge in [0.15, 0.2) is 0 Å². The number of fused-ring (bicyclic) bond motifs is 5. The first-order valence-electron chi connectivity index (χ1n) is 12.0. The highest BCUT2D eigenvalue weighted by Gasteiger charge is 2.64. The first-order valence-corrected chi connectivity index (χ1v) is 12.0. The van der Waals surface area contributed by atoms with E-state index in [-0.39, 0.29) is 64.5 Å². The summed E-state index contributed by atoms with van der Waals surface area (Å²) in [5.74, 6) is 0.345. The standard InChI is InChI=1S/C25H36O7/c1-14(26)30-13-25-8-6-20-19(21(25)10-18(12-25)31-15(2)27)11-23(32-16(3)28)22-9-17(29)5-7-24(20,22)4/h18-23H,5-13H2,1-4H3/t18-,19-,20+,21-,22+,23-,24+,25+/m0/s1. The number of carbonyl (C=O) groups excluding carboxylic acids is 4. The van der Waals surface area contributed by atoms with E-state index in [1.807, 2.05) is 0 Å². The molecule has 0 N–H and O–H groups in total. The molecular formula is C25H36O7.